The van der Waals surface area contributed by atoms with Crippen molar-refractivity contribution in [1.82, 2.24) is 10.2 Å². The largest absolute Gasteiger partial charge is 0.317 e. The second-order valence-electron chi connectivity index (χ2n) is 4.94. The van der Waals surface area contributed by atoms with Crippen LogP contribution >= 0.6 is 11.8 Å². The minimum absolute atomic E-state index is 0.815. The Morgan fingerprint density at radius 1 is 1.20 bits per heavy atom. The maximum Gasteiger partial charge on any atom is 0.00753 e. The molecule has 2 aliphatic heterocycles. The van der Waals surface area contributed by atoms with Crippen LogP contribution in [0, 0.1) is 5.92 Å². The number of rotatable bonds is 2. The van der Waals surface area contributed by atoms with Crippen molar-refractivity contribution in [2.75, 3.05) is 37.7 Å². The highest BCUT2D eigenvalue weighted by Gasteiger charge is 2.21. The molecule has 0 aromatic rings. The summed E-state index contributed by atoms with van der Waals surface area (Å²) < 4.78 is 0. The Hall–Kier alpha value is 0.270. The first-order valence-corrected chi connectivity index (χ1v) is 7.54. The van der Waals surface area contributed by atoms with E-state index in [2.05, 4.69) is 28.9 Å². The fraction of sp³-hybridized carbons (Fsp3) is 1.00. The molecule has 0 amide bonds. The van der Waals surface area contributed by atoms with Crippen molar-refractivity contribution in [3.63, 3.8) is 0 Å². The van der Waals surface area contributed by atoms with E-state index >= 15 is 0 Å². The lowest BCUT2D eigenvalue weighted by Crippen LogP contribution is -2.40. The molecule has 2 aliphatic rings. The highest BCUT2D eigenvalue weighted by atomic mass is 32.2. The molecule has 2 fully saturated rings. The highest BCUT2D eigenvalue weighted by Crippen LogP contribution is 2.20. The van der Waals surface area contributed by atoms with Gasteiger partial charge >= 0.3 is 0 Å². The Morgan fingerprint density at radius 3 is 2.80 bits per heavy atom. The van der Waals surface area contributed by atoms with Crippen LogP contribution in [-0.4, -0.2) is 48.6 Å². The third-order valence-corrected chi connectivity index (χ3v) is 4.77. The lowest BCUT2D eigenvalue weighted by atomic mass is 9.97. The molecule has 2 rings (SSSR count). The van der Waals surface area contributed by atoms with Gasteiger partial charge in [-0.05, 0) is 50.9 Å². The number of hydrogen-bond acceptors (Lipinski definition) is 3. The van der Waals surface area contributed by atoms with E-state index < -0.39 is 0 Å². The van der Waals surface area contributed by atoms with Gasteiger partial charge in [-0.3, -0.25) is 4.90 Å². The summed E-state index contributed by atoms with van der Waals surface area (Å²) in [5.41, 5.74) is 0. The molecule has 0 radical (unpaired) electrons. The molecule has 1 unspecified atom stereocenters. The first-order chi connectivity index (χ1) is 7.36. The molecule has 3 heteroatoms. The van der Waals surface area contributed by atoms with Crippen molar-refractivity contribution >= 4 is 11.8 Å². The summed E-state index contributed by atoms with van der Waals surface area (Å²) >= 11 is 2.13. The van der Waals surface area contributed by atoms with E-state index in [1.165, 1.54) is 56.9 Å². The summed E-state index contributed by atoms with van der Waals surface area (Å²) in [5, 5.41) is 3.45. The molecule has 2 heterocycles. The fourth-order valence-corrected chi connectivity index (χ4v) is 3.68. The number of hydrogen-bond donors (Lipinski definition) is 1. The number of nitrogens with zero attached hydrogens (tertiary/aromatic N) is 1. The van der Waals surface area contributed by atoms with Crippen molar-refractivity contribution in [2.45, 2.75) is 32.2 Å². The minimum Gasteiger partial charge on any atom is -0.317 e. The van der Waals surface area contributed by atoms with Crippen LogP contribution in [0.4, 0.5) is 0 Å². The van der Waals surface area contributed by atoms with Gasteiger partial charge < -0.3 is 5.32 Å². The molecule has 0 bridgehead atoms. The SMILES string of the molecule is CC1CCSCCN1CC1CCNCC1. The second kappa shape index (κ2) is 6.12. The zero-order valence-corrected chi connectivity index (χ0v) is 10.7. The van der Waals surface area contributed by atoms with Crippen molar-refractivity contribution in [3.05, 3.63) is 0 Å². The van der Waals surface area contributed by atoms with Gasteiger partial charge in [0.15, 0.2) is 0 Å². The van der Waals surface area contributed by atoms with Crippen LogP contribution in [-0.2, 0) is 0 Å². The van der Waals surface area contributed by atoms with E-state index in [4.69, 9.17) is 0 Å². The third-order valence-electron chi connectivity index (χ3n) is 3.78. The van der Waals surface area contributed by atoms with Crippen LogP contribution < -0.4 is 5.32 Å². The van der Waals surface area contributed by atoms with Gasteiger partial charge in [0.05, 0.1) is 0 Å². The van der Waals surface area contributed by atoms with Gasteiger partial charge in [-0.2, -0.15) is 11.8 Å². The molecular formula is C12H24N2S. The molecule has 0 aromatic heterocycles. The first-order valence-electron chi connectivity index (χ1n) is 6.39. The molecule has 15 heavy (non-hydrogen) atoms. The van der Waals surface area contributed by atoms with E-state index in [0.717, 1.165) is 12.0 Å². The normalized spacial score (nSPS) is 31.4. The van der Waals surface area contributed by atoms with Crippen LogP contribution in [0.2, 0.25) is 0 Å². The summed E-state index contributed by atoms with van der Waals surface area (Å²) in [7, 11) is 0. The average Bonchev–Trinajstić information content (AvgIpc) is 2.46. The van der Waals surface area contributed by atoms with E-state index in [0.29, 0.717) is 0 Å². The smallest absolute Gasteiger partial charge is 0.00753 e. The zero-order valence-electron chi connectivity index (χ0n) is 9.87. The summed E-state index contributed by atoms with van der Waals surface area (Å²) in [6, 6.07) is 0.815. The summed E-state index contributed by atoms with van der Waals surface area (Å²) in [5.74, 6) is 3.66. The minimum atomic E-state index is 0.815. The molecule has 0 aromatic carbocycles. The van der Waals surface area contributed by atoms with Crippen molar-refractivity contribution < 1.29 is 0 Å². The molecule has 1 atom stereocenters. The Bertz CT molecular complexity index is 180. The lowest BCUT2D eigenvalue weighted by molar-refractivity contribution is 0.169. The molecule has 88 valence electrons. The van der Waals surface area contributed by atoms with Crippen LogP contribution in [0.15, 0.2) is 0 Å². The van der Waals surface area contributed by atoms with Gasteiger partial charge in [0, 0.05) is 24.9 Å². The van der Waals surface area contributed by atoms with Gasteiger partial charge in [0.1, 0.15) is 0 Å². The predicted octanol–water partition coefficient (Wildman–Crippen LogP) is 1.81. The van der Waals surface area contributed by atoms with E-state index in [1.807, 2.05) is 0 Å². The standard InChI is InChI=1S/C12H24N2S/c1-11-4-8-15-9-7-14(11)10-12-2-5-13-6-3-12/h11-13H,2-10H2,1H3. The fourth-order valence-electron chi connectivity index (χ4n) is 2.61. The van der Waals surface area contributed by atoms with Crippen LogP contribution in [0.3, 0.4) is 0 Å². The van der Waals surface area contributed by atoms with E-state index in [1.54, 1.807) is 0 Å². The highest BCUT2D eigenvalue weighted by molar-refractivity contribution is 7.99. The van der Waals surface area contributed by atoms with E-state index in [9.17, 15) is 0 Å². The quantitative estimate of drug-likeness (QED) is 0.776. The summed E-state index contributed by atoms with van der Waals surface area (Å²) in [4.78, 5) is 2.73. The maximum absolute atomic E-state index is 3.45. The predicted molar refractivity (Wildman–Crippen MR) is 68.6 cm³/mol. The number of thioether (sulfide) groups is 1. The summed E-state index contributed by atoms with van der Waals surface area (Å²) in [6.45, 7) is 7.55. The van der Waals surface area contributed by atoms with Gasteiger partial charge in [0.2, 0.25) is 0 Å². The Labute approximate surface area is 98.2 Å². The molecule has 1 N–H and O–H groups in total. The van der Waals surface area contributed by atoms with Gasteiger partial charge in [-0.25, -0.2) is 0 Å². The zero-order chi connectivity index (χ0) is 10.5. The van der Waals surface area contributed by atoms with Crippen LogP contribution in [0.5, 0.6) is 0 Å². The molecule has 0 spiro atoms. The monoisotopic (exact) mass is 228 g/mol. The van der Waals surface area contributed by atoms with Crippen molar-refractivity contribution in [1.29, 1.82) is 0 Å². The van der Waals surface area contributed by atoms with Gasteiger partial charge in [-0.1, -0.05) is 0 Å². The molecule has 0 aliphatic carbocycles. The number of nitrogens with one attached hydrogen (secondary N) is 1. The number of piperidine rings is 1. The average molecular weight is 228 g/mol. The van der Waals surface area contributed by atoms with Crippen molar-refractivity contribution in [3.8, 4) is 0 Å². The Morgan fingerprint density at radius 2 is 2.00 bits per heavy atom. The topological polar surface area (TPSA) is 15.3 Å². The second-order valence-corrected chi connectivity index (χ2v) is 6.16. The summed E-state index contributed by atoms with van der Waals surface area (Å²) in [6.07, 6.45) is 4.16. The maximum atomic E-state index is 3.45. The van der Waals surface area contributed by atoms with Crippen molar-refractivity contribution in [2.24, 2.45) is 5.92 Å². The Kier molecular flexibility index (Phi) is 4.79. The molecule has 2 nitrogen and oxygen atoms in total. The lowest BCUT2D eigenvalue weighted by Gasteiger charge is -2.32. The molecule has 0 saturated carbocycles. The molecular weight excluding hydrogens is 204 g/mol. The van der Waals surface area contributed by atoms with Crippen LogP contribution in [0.25, 0.3) is 0 Å². The van der Waals surface area contributed by atoms with Gasteiger partial charge in [0.25, 0.3) is 0 Å². The Balaban J connectivity index is 1.79. The first kappa shape index (κ1) is 11.7. The molecule has 2 saturated heterocycles. The third kappa shape index (κ3) is 3.65. The van der Waals surface area contributed by atoms with E-state index in [-0.39, 0.29) is 0 Å². The van der Waals surface area contributed by atoms with Gasteiger partial charge in [-0.15, -0.1) is 0 Å². The van der Waals surface area contributed by atoms with Crippen LogP contribution in [0.1, 0.15) is 26.2 Å².